The van der Waals surface area contributed by atoms with Crippen LogP contribution in [0.15, 0.2) is 54.6 Å². The van der Waals surface area contributed by atoms with E-state index in [1.54, 1.807) is 24.3 Å². The Kier molecular flexibility index (Phi) is 7.70. The number of aliphatic hydroxyl groups is 1. The molecule has 4 nitrogen and oxygen atoms in total. The molecule has 5 heteroatoms. The van der Waals surface area contributed by atoms with Crippen LogP contribution in [0.1, 0.15) is 29.3 Å². The molecule has 0 spiro atoms. The van der Waals surface area contributed by atoms with Gasteiger partial charge < -0.3 is 14.9 Å². The maximum atomic E-state index is 13.1. The van der Waals surface area contributed by atoms with Gasteiger partial charge in [0.25, 0.3) is 5.91 Å². The summed E-state index contributed by atoms with van der Waals surface area (Å²) in [5, 5.41) is 10.8. The SMILES string of the molecule is CC[C@@H]1CN(C(=O)c2ccc(Cl)cc2)[C@H](CO)[C@@H]1CN(C)CCc1ccccc1. The van der Waals surface area contributed by atoms with E-state index in [4.69, 9.17) is 11.6 Å². The van der Waals surface area contributed by atoms with Crippen LogP contribution in [-0.4, -0.2) is 60.1 Å². The maximum Gasteiger partial charge on any atom is 0.254 e. The van der Waals surface area contributed by atoms with Crippen molar-refractivity contribution in [3.05, 3.63) is 70.7 Å². The van der Waals surface area contributed by atoms with Crippen molar-refractivity contribution >= 4 is 17.5 Å². The fourth-order valence-electron chi connectivity index (χ4n) is 4.41. The quantitative estimate of drug-likeness (QED) is 0.710. The molecule has 1 saturated heterocycles. The predicted octanol–water partition coefficient (Wildman–Crippen LogP) is 3.97. The second-order valence-corrected chi connectivity index (χ2v) is 8.48. The fourth-order valence-corrected chi connectivity index (χ4v) is 4.54. The Morgan fingerprint density at radius 2 is 1.86 bits per heavy atom. The molecule has 2 aromatic rings. The van der Waals surface area contributed by atoms with Crippen molar-refractivity contribution in [3.8, 4) is 0 Å². The minimum atomic E-state index is -0.151. The fraction of sp³-hybridized carbons (Fsp3) is 0.458. The summed E-state index contributed by atoms with van der Waals surface area (Å²) in [6, 6.07) is 17.3. The first-order valence-corrected chi connectivity index (χ1v) is 10.8. The molecule has 1 N–H and O–H groups in total. The predicted molar refractivity (Wildman–Crippen MR) is 118 cm³/mol. The Labute approximate surface area is 179 Å². The van der Waals surface area contributed by atoms with Gasteiger partial charge in [-0.25, -0.2) is 0 Å². The van der Waals surface area contributed by atoms with Crippen LogP contribution in [-0.2, 0) is 6.42 Å². The number of hydrogen-bond donors (Lipinski definition) is 1. The van der Waals surface area contributed by atoms with Crippen LogP contribution in [0.2, 0.25) is 5.02 Å². The molecule has 0 saturated carbocycles. The van der Waals surface area contributed by atoms with Gasteiger partial charge in [-0.1, -0.05) is 55.3 Å². The van der Waals surface area contributed by atoms with Crippen molar-refractivity contribution < 1.29 is 9.90 Å². The first kappa shape index (κ1) is 21.8. The Balaban J connectivity index is 1.67. The molecular formula is C24H31ClN2O2. The van der Waals surface area contributed by atoms with Gasteiger partial charge in [-0.3, -0.25) is 4.79 Å². The van der Waals surface area contributed by atoms with Gasteiger partial charge in [-0.2, -0.15) is 0 Å². The van der Waals surface area contributed by atoms with E-state index in [0.717, 1.165) is 25.9 Å². The number of amides is 1. The van der Waals surface area contributed by atoms with Crippen molar-refractivity contribution in [2.24, 2.45) is 11.8 Å². The number of benzene rings is 2. The molecular weight excluding hydrogens is 384 g/mol. The Morgan fingerprint density at radius 3 is 2.48 bits per heavy atom. The number of hydrogen-bond acceptors (Lipinski definition) is 3. The molecule has 29 heavy (non-hydrogen) atoms. The summed E-state index contributed by atoms with van der Waals surface area (Å²) in [5.74, 6) is 0.637. The molecule has 2 aromatic carbocycles. The third-order valence-corrected chi connectivity index (χ3v) is 6.39. The van der Waals surface area contributed by atoms with Gasteiger partial charge >= 0.3 is 0 Å². The summed E-state index contributed by atoms with van der Waals surface area (Å²) in [5.41, 5.74) is 1.96. The molecule has 1 aliphatic rings. The van der Waals surface area contributed by atoms with Gasteiger partial charge in [0.15, 0.2) is 0 Å². The Hall–Kier alpha value is -1.88. The molecule has 1 aliphatic heterocycles. The Morgan fingerprint density at radius 1 is 1.17 bits per heavy atom. The highest BCUT2D eigenvalue weighted by Gasteiger charge is 2.43. The largest absolute Gasteiger partial charge is 0.394 e. The van der Waals surface area contributed by atoms with Crippen LogP contribution in [0.25, 0.3) is 0 Å². The second kappa shape index (κ2) is 10.2. The van der Waals surface area contributed by atoms with E-state index < -0.39 is 0 Å². The lowest BCUT2D eigenvalue weighted by Gasteiger charge is -2.30. The molecule has 3 atom stereocenters. The number of rotatable bonds is 8. The minimum absolute atomic E-state index is 0.00692. The molecule has 0 radical (unpaired) electrons. The van der Waals surface area contributed by atoms with Crippen LogP contribution in [0.5, 0.6) is 0 Å². The van der Waals surface area contributed by atoms with E-state index in [2.05, 4.69) is 43.1 Å². The number of carbonyl (C=O) groups is 1. The lowest BCUT2D eigenvalue weighted by molar-refractivity contribution is 0.0623. The molecule has 1 fully saturated rings. The third-order valence-electron chi connectivity index (χ3n) is 6.14. The zero-order valence-electron chi connectivity index (χ0n) is 17.3. The van der Waals surface area contributed by atoms with Crippen molar-refractivity contribution in [2.75, 3.05) is 33.3 Å². The van der Waals surface area contributed by atoms with Crippen LogP contribution >= 0.6 is 11.6 Å². The van der Waals surface area contributed by atoms with Crippen LogP contribution in [0, 0.1) is 11.8 Å². The number of likely N-dealkylation sites (tertiary alicyclic amines) is 1. The molecule has 1 amide bonds. The Bertz CT molecular complexity index is 781. The smallest absolute Gasteiger partial charge is 0.254 e. The summed E-state index contributed by atoms with van der Waals surface area (Å²) >= 11 is 5.96. The van der Waals surface area contributed by atoms with Crippen LogP contribution in [0.4, 0.5) is 0 Å². The van der Waals surface area contributed by atoms with E-state index in [1.807, 2.05) is 11.0 Å². The third kappa shape index (κ3) is 5.39. The zero-order valence-corrected chi connectivity index (χ0v) is 18.1. The van der Waals surface area contributed by atoms with Gasteiger partial charge in [-0.15, -0.1) is 0 Å². The molecule has 1 heterocycles. The zero-order chi connectivity index (χ0) is 20.8. The molecule has 0 aromatic heterocycles. The lowest BCUT2D eigenvalue weighted by atomic mass is 9.88. The van der Waals surface area contributed by atoms with E-state index >= 15 is 0 Å². The highest BCUT2D eigenvalue weighted by Crippen LogP contribution is 2.34. The number of nitrogens with zero attached hydrogens (tertiary/aromatic N) is 2. The van der Waals surface area contributed by atoms with Crippen LogP contribution in [0.3, 0.4) is 0 Å². The number of likely N-dealkylation sites (N-methyl/N-ethyl adjacent to an activating group) is 1. The van der Waals surface area contributed by atoms with Gasteiger partial charge in [0.05, 0.1) is 12.6 Å². The minimum Gasteiger partial charge on any atom is -0.394 e. The normalized spacial score (nSPS) is 21.7. The average molecular weight is 415 g/mol. The van der Waals surface area contributed by atoms with Gasteiger partial charge in [-0.05, 0) is 55.1 Å². The highest BCUT2D eigenvalue weighted by molar-refractivity contribution is 6.30. The van der Waals surface area contributed by atoms with E-state index in [9.17, 15) is 9.90 Å². The van der Waals surface area contributed by atoms with Gasteiger partial charge in [0.1, 0.15) is 0 Å². The van der Waals surface area contributed by atoms with Crippen LogP contribution < -0.4 is 0 Å². The maximum absolute atomic E-state index is 13.1. The number of aliphatic hydroxyl groups excluding tert-OH is 1. The molecule has 0 bridgehead atoms. The summed E-state index contributed by atoms with van der Waals surface area (Å²) in [6.07, 6.45) is 2.00. The summed E-state index contributed by atoms with van der Waals surface area (Å²) < 4.78 is 0. The lowest BCUT2D eigenvalue weighted by Crippen LogP contribution is -2.43. The van der Waals surface area contributed by atoms with Crippen molar-refractivity contribution in [1.29, 1.82) is 0 Å². The molecule has 0 aliphatic carbocycles. The average Bonchev–Trinajstić information content (AvgIpc) is 3.10. The topological polar surface area (TPSA) is 43.8 Å². The molecule has 3 rings (SSSR count). The summed E-state index contributed by atoms with van der Waals surface area (Å²) in [7, 11) is 2.13. The van der Waals surface area contributed by atoms with Gasteiger partial charge in [0, 0.05) is 30.2 Å². The van der Waals surface area contributed by atoms with Crippen molar-refractivity contribution in [1.82, 2.24) is 9.80 Å². The first-order valence-electron chi connectivity index (χ1n) is 10.4. The standard InChI is InChI=1S/C24H31ClN2O2/c1-3-19-15-27(24(29)20-9-11-21(25)12-10-20)23(17-28)22(19)16-26(2)14-13-18-7-5-4-6-8-18/h4-12,19,22-23,28H,3,13-17H2,1-2H3/t19-,22-,23-/m1/s1. The first-order chi connectivity index (χ1) is 14.0. The van der Waals surface area contributed by atoms with E-state index in [-0.39, 0.29) is 24.5 Å². The van der Waals surface area contributed by atoms with E-state index in [1.165, 1.54) is 5.56 Å². The van der Waals surface area contributed by atoms with Crippen molar-refractivity contribution in [2.45, 2.75) is 25.8 Å². The highest BCUT2D eigenvalue weighted by atomic mass is 35.5. The summed E-state index contributed by atoms with van der Waals surface area (Å²) in [6.45, 7) is 4.70. The molecule has 156 valence electrons. The van der Waals surface area contributed by atoms with Crippen molar-refractivity contribution in [3.63, 3.8) is 0 Å². The van der Waals surface area contributed by atoms with E-state index in [0.29, 0.717) is 23.0 Å². The summed E-state index contributed by atoms with van der Waals surface area (Å²) in [4.78, 5) is 17.3. The van der Waals surface area contributed by atoms with Gasteiger partial charge in [0.2, 0.25) is 0 Å². The monoisotopic (exact) mass is 414 g/mol. The second-order valence-electron chi connectivity index (χ2n) is 8.04. The number of halogens is 1. The number of carbonyl (C=O) groups excluding carboxylic acids is 1. The molecule has 0 unspecified atom stereocenters.